The molecular formula is C13H10F4N2S. The molecule has 0 saturated carbocycles. The summed E-state index contributed by atoms with van der Waals surface area (Å²) in [5, 5.41) is 0.175. The Kier molecular flexibility index (Phi) is 4.29. The van der Waals surface area contributed by atoms with Crippen LogP contribution in [0.25, 0.3) is 0 Å². The van der Waals surface area contributed by atoms with Crippen LogP contribution in [0.1, 0.15) is 11.3 Å². The molecule has 0 bridgehead atoms. The highest BCUT2D eigenvalue weighted by molar-refractivity contribution is 7.99. The predicted molar refractivity (Wildman–Crippen MR) is 67.7 cm³/mol. The van der Waals surface area contributed by atoms with Crippen LogP contribution in [0.3, 0.4) is 0 Å². The minimum Gasteiger partial charge on any atom is -0.326 e. The van der Waals surface area contributed by atoms with Gasteiger partial charge in [0.2, 0.25) is 0 Å². The Morgan fingerprint density at radius 1 is 1.05 bits per heavy atom. The van der Waals surface area contributed by atoms with Crippen LogP contribution in [0.2, 0.25) is 0 Å². The van der Waals surface area contributed by atoms with Crippen LogP contribution < -0.4 is 5.73 Å². The summed E-state index contributed by atoms with van der Waals surface area (Å²) in [6, 6.07) is 7.62. The van der Waals surface area contributed by atoms with Gasteiger partial charge in [-0.05, 0) is 35.9 Å². The smallest absolute Gasteiger partial charge is 0.326 e. The van der Waals surface area contributed by atoms with Gasteiger partial charge in [0, 0.05) is 11.4 Å². The quantitative estimate of drug-likeness (QED) is 0.875. The summed E-state index contributed by atoms with van der Waals surface area (Å²) < 4.78 is 50.7. The zero-order chi connectivity index (χ0) is 14.8. The van der Waals surface area contributed by atoms with E-state index in [1.54, 1.807) is 0 Å². The van der Waals surface area contributed by atoms with Gasteiger partial charge in [-0.2, -0.15) is 13.2 Å². The fraction of sp³-hybridized carbons (Fsp3) is 0.154. The topological polar surface area (TPSA) is 38.9 Å². The number of halogens is 4. The van der Waals surface area contributed by atoms with Crippen LogP contribution in [0.5, 0.6) is 0 Å². The number of pyridine rings is 1. The number of hydrogen-bond donors (Lipinski definition) is 1. The lowest BCUT2D eigenvalue weighted by Crippen LogP contribution is -2.10. The van der Waals surface area contributed by atoms with E-state index in [4.69, 9.17) is 5.73 Å². The SMILES string of the molecule is NCc1ccc(C(F)(F)F)nc1Sc1ccc(F)cc1. The molecule has 1 aromatic carbocycles. The van der Waals surface area contributed by atoms with E-state index in [2.05, 4.69) is 4.98 Å². The second-order valence-electron chi connectivity index (χ2n) is 3.92. The van der Waals surface area contributed by atoms with Crippen molar-refractivity contribution in [3.63, 3.8) is 0 Å². The Bertz CT molecular complexity index is 596. The molecule has 2 nitrogen and oxygen atoms in total. The minimum atomic E-state index is -4.51. The number of benzene rings is 1. The predicted octanol–water partition coefficient (Wildman–Crippen LogP) is 3.85. The molecule has 0 aliphatic rings. The van der Waals surface area contributed by atoms with Crippen LogP contribution in [-0.4, -0.2) is 4.98 Å². The Hall–Kier alpha value is -1.60. The van der Waals surface area contributed by atoms with E-state index < -0.39 is 17.7 Å². The first-order valence-electron chi connectivity index (χ1n) is 5.61. The third kappa shape index (κ3) is 3.49. The van der Waals surface area contributed by atoms with Crippen molar-refractivity contribution in [2.24, 2.45) is 5.73 Å². The van der Waals surface area contributed by atoms with Crippen molar-refractivity contribution >= 4 is 11.8 Å². The van der Waals surface area contributed by atoms with Crippen molar-refractivity contribution in [2.75, 3.05) is 0 Å². The molecule has 0 aliphatic carbocycles. The number of nitrogens with zero attached hydrogens (tertiary/aromatic N) is 1. The van der Waals surface area contributed by atoms with Crippen LogP contribution in [-0.2, 0) is 12.7 Å². The Labute approximate surface area is 117 Å². The lowest BCUT2D eigenvalue weighted by atomic mass is 10.2. The lowest BCUT2D eigenvalue weighted by Gasteiger charge is -2.11. The van der Waals surface area contributed by atoms with E-state index in [0.717, 1.165) is 17.8 Å². The van der Waals surface area contributed by atoms with Gasteiger partial charge in [0.05, 0.1) is 0 Å². The average molecular weight is 302 g/mol. The molecule has 2 rings (SSSR count). The first-order chi connectivity index (χ1) is 9.40. The van der Waals surface area contributed by atoms with Crippen molar-refractivity contribution in [3.05, 3.63) is 53.5 Å². The molecule has 7 heteroatoms. The number of hydrogen-bond acceptors (Lipinski definition) is 3. The first kappa shape index (κ1) is 14.8. The second kappa shape index (κ2) is 5.80. The molecule has 0 atom stereocenters. The maximum Gasteiger partial charge on any atom is 0.433 e. The molecule has 0 saturated heterocycles. The molecule has 0 spiro atoms. The van der Waals surface area contributed by atoms with E-state index in [1.807, 2.05) is 0 Å². The normalized spacial score (nSPS) is 11.7. The fourth-order valence-corrected chi connectivity index (χ4v) is 2.41. The maximum atomic E-state index is 12.8. The van der Waals surface area contributed by atoms with Gasteiger partial charge >= 0.3 is 6.18 Å². The van der Waals surface area contributed by atoms with Gasteiger partial charge in [-0.25, -0.2) is 9.37 Å². The zero-order valence-corrected chi connectivity index (χ0v) is 10.9. The summed E-state index contributed by atoms with van der Waals surface area (Å²) in [6.07, 6.45) is -4.51. The van der Waals surface area contributed by atoms with E-state index in [9.17, 15) is 17.6 Å². The molecule has 1 heterocycles. The third-order valence-electron chi connectivity index (χ3n) is 2.48. The molecule has 0 fully saturated rings. The summed E-state index contributed by atoms with van der Waals surface area (Å²) in [4.78, 5) is 4.19. The highest BCUT2D eigenvalue weighted by Gasteiger charge is 2.33. The highest BCUT2D eigenvalue weighted by atomic mass is 32.2. The van der Waals surface area contributed by atoms with E-state index in [1.165, 1.54) is 30.3 Å². The van der Waals surface area contributed by atoms with Crippen LogP contribution in [0.15, 0.2) is 46.3 Å². The van der Waals surface area contributed by atoms with E-state index in [-0.39, 0.29) is 11.6 Å². The van der Waals surface area contributed by atoms with Crippen molar-refractivity contribution in [2.45, 2.75) is 22.6 Å². The van der Waals surface area contributed by atoms with Crippen molar-refractivity contribution in [1.82, 2.24) is 4.98 Å². The zero-order valence-electron chi connectivity index (χ0n) is 10.1. The van der Waals surface area contributed by atoms with Gasteiger partial charge in [0.1, 0.15) is 16.5 Å². The summed E-state index contributed by atoms with van der Waals surface area (Å²) in [6.45, 7) is 0.0780. The average Bonchev–Trinajstić information content (AvgIpc) is 2.40. The molecule has 2 N–H and O–H groups in total. The molecule has 2 aromatic rings. The monoisotopic (exact) mass is 302 g/mol. The van der Waals surface area contributed by atoms with Crippen LogP contribution in [0, 0.1) is 5.82 Å². The van der Waals surface area contributed by atoms with Gasteiger partial charge in [0.15, 0.2) is 0 Å². The minimum absolute atomic E-state index is 0.0780. The van der Waals surface area contributed by atoms with Gasteiger partial charge < -0.3 is 5.73 Å². The Morgan fingerprint density at radius 3 is 2.25 bits per heavy atom. The first-order valence-corrected chi connectivity index (χ1v) is 6.42. The number of alkyl halides is 3. The molecule has 0 aliphatic heterocycles. The number of rotatable bonds is 3. The molecule has 0 unspecified atom stereocenters. The molecule has 0 amide bonds. The molecular weight excluding hydrogens is 292 g/mol. The summed E-state index contributed by atoms with van der Waals surface area (Å²) in [7, 11) is 0. The number of nitrogens with two attached hydrogens (primary N) is 1. The van der Waals surface area contributed by atoms with Crippen molar-refractivity contribution in [3.8, 4) is 0 Å². The van der Waals surface area contributed by atoms with Crippen molar-refractivity contribution < 1.29 is 17.6 Å². The van der Waals surface area contributed by atoms with Gasteiger partial charge in [0.25, 0.3) is 0 Å². The summed E-state index contributed by atoms with van der Waals surface area (Å²) in [5.74, 6) is -0.412. The van der Waals surface area contributed by atoms with Gasteiger partial charge in [-0.1, -0.05) is 17.8 Å². The third-order valence-corrected chi connectivity index (χ3v) is 3.53. The van der Waals surface area contributed by atoms with Gasteiger partial charge in [-0.15, -0.1) is 0 Å². The van der Waals surface area contributed by atoms with Crippen LogP contribution >= 0.6 is 11.8 Å². The summed E-state index contributed by atoms with van der Waals surface area (Å²) in [5.41, 5.74) is 5.03. The lowest BCUT2D eigenvalue weighted by molar-refractivity contribution is -0.141. The van der Waals surface area contributed by atoms with Crippen molar-refractivity contribution in [1.29, 1.82) is 0 Å². The molecule has 1 aromatic heterocycles. The fourth-order valence-electron chi connectivity index (χ4n) is 1.49. The Balaban J connectivity index is 2.35. The van der Waals surface area contributed by atoms with Crippen LogP contribution in [0.4, 0.5) is 17.6 Å². The largest absolute Gasteiger partial charge is 0.433 e. The van der Waals surface area contributed by atoms with Gasteiger partial charge in [-0.3, -0.25) is 0 Å². The van der Waals surface area contributed by atoms with E-state index in [0.29, 0.717) is 10.5 Å². The van der Waals surface area contributed by atoms with E-state index >= 15 is 0 Å². The molecule has 106 valence electrons. The summed E-state index contributed by atoms with van der Waals surface area (Å²) >= 11 is 1.02. The maximum absolute atomic E-state index is 12.8. The molecule has 0 radical (unpaired) electrons. The Morgan fingerprint density at radius 2 is 1.70 bits per heavy atom. The highest BCUT2D eigenvalue weighted by Crippen LogP contribution is 2.33. The molecule has 20 heavy (non-hydrogen) atoms. The standard InChI is InChI=1S/C13H10F4N2S/c14-9-2-4-10(5-3-9)20-12-8(7-18)1-6-11(19-12)13(15,16)17/h1-6H,7,18H2. The second-order valence-corrected chi connectivity index (χ2v) is 4.98. The number of aromatic nitrogens is 1.